The molecule has 0 bridgehead atoms. The third-order valence-electron chi connectivity index (χ3n) is 4.23. The molecule has 1 aromatic heterocycles. The standard InChI is InChI=1S/C21H23F2N5/c1-24-21(25-12-9-16-3-2-4-18(23)15-16)26-13-10-19-11-14-28(27-19)20-7-5-17(22)6-8-20/h2-8,11,14-15H,9-10,12-13H2,1H3,(H2,24,25,26). The first kappa shape index (κ1) is 19.5. The van der Waals surface area contributed by atoms with Crippen molar-refractivity contribution in [1.82, 2.24) is 20.4 Å². The minimum absolute atomic E-state index is 0.222. The Balaban J connectivity index is 1.42. The quantitative estimate of drug-likeness (QED) is 0.487. The van der Waals surface area contributed by atoms with Gasteiger partial charge < -0.3 is 10.6 Å². The molecule has 146 valence electrons. The van der Waals surface area contributed by atoms with E-state index in [1.54, 1.807) is 29.9 Å². The van der Waals surface area contributed by atoms with E-state index in [0.29, 0.717) is 25.5 Å². The summed E-state index contributed by atoms with van der Waals surface area (Å²) < 4.78 is 27.9. The van der Waals surface area contributed by atoms with Crippen LogP contribution in [-0.2, 0) is 12.8 Å². The molecule has 0 aliphatic heterocycles. The Hall–Kier alpha value is -3.22. The lowest BCUT2D eigenvalue weighted by Crippen LogP contribution is -2.39. The van der Waals surface area contributed by atoms with E-state index in [-0.39, 0.29) is 11.6 Å². The summed E-state index contributed by atoms with van der Waals surface area (Å²) >= 11 is 0. The van der Waals surface area contributed by atoms with Gasteiger partial charge in [0.15, 0.2) is 5.96 Å². The van der Waals surface area contributed by atoms with Gasteiger partial charge >= 0.3 is 0 Å². The molecule has 0 amide bonds. The maximum absolute atomic E-state index is 13.2. The molecule has 2 N–H and O–H groups in total. The summed E-state index contributed by atoms with van der Waals surface area (Å²) in [6.45, 7) is 1.32. The number of hydrogen-bond acceptors (Lipinski definition) is 2. The molecule has 0 spiro atoms. The normalized spacial score (nSPS) is 11.5. The van der Waals surface area contributed by atoms with Crippen molar-refractivity contribution in [1.29, 1.82) is 0 Å². The van der Waals surface area contributed by atoms with Crippen LogP contribution in [0.1, 0.15) is 11.3 Å². The predicted octanol–water partition coefficient (Wildman–Crippen LogP) is 3.10. The molecular formula is C21H23F2N5. The molecule has 0 aliphatic carbocycles. The Bertz CT molecular complexity index is 919. The van der Waals surface area contributed by atoms with Crippen molar-refractivity contribution in [2.24, 2.45) is 4.99 Å². The Morgan fingerprint density at radius 1 is 0.964 bits per heavy atom. The van der Waals surface area contributed by atoms with Gasteiger partial charge in [-0.1, -0.05) is 12.1 Å². The van der Waals surface area contributed by atoms with Crippen LogP contribution in [0.15, 0.2) is 65.8 Å². The van der Waals surface area contributed by atoms with Gasteiger partial charge in [-0.15, -0.1) is 0 Å². The van der Waals surface area contributed by atoms with Crippen LogP contribution in [0.25, 0.3) is 5.69 Å². The molecule has 0 radical (unpaired) electrons. The van der Waals surface area contributed by atoms with E-state index in [4.69, 9.17) is 0 Å². The number of benzene rings is 2. The summed E-state index contributed by atoms with van der Waals surface area (Å²) in [5.74, 6) is 0.200. The van der Waals surface area contributed by atoms with Crippen LogP contribution >= 0.6 is 0 Å². The van der Waals surface area contributed by atoms with Gasteiger partial charge in [-0.3, -0.25) is 4.99 Å². The zero-order chi connectivity index (χ0) is 19.8. The SMILES string of the molecule is CN=C(NCCc1cccc(F)c1)NCCc1ccn(-c2ccc(F)cc2)n1. The van der Waals surface area contributed by atoms with Crippen molar-refractivity contribution in [3.63, 3.8) is 0 Å². The highest BCUT2D eigenvalue weighted by atomic mass is 19.1. The minimum Gasteiger partial charge on any atom is -0.356 e. The van der Waals surface area contributed by atoms with E-state index in [0.717, 1.165) is 23.4 Å². The lowest BCUT2D eigenvalue weighted by atomic mass is 10.1. The van der Waals surface area contributed by atoms with Crippen LogP contribution < -0.4 is 10.6 Å². The molecular weight excluding hydrogens is 360 g/mol. The lowest BCUT2D eigenvalue weighted by molar-refractivity contribution is 0.625. The zero-order valence-corrected chi connectivity index (χ0v) is 15.7. The van der Waals surface area contributed by atoms with Crippen molar-refractivity contribution in [3.8, 4) is 5.69 Å². The largest absolute Gasteiger partial charge is 0.356 e. The monoisotopic (exact) mass is 383 g/mol. The average molecular weight is 383 g/mol. The van der Waals surface area contributed by atoms with E-state index in [1.165, 1.54) is 24.3 Å². The van der Waals surface area contributed by atoms with E-state index >= 15 is 0 Å². The molecule has 0 saturated carbocycles. The van der Waals surface area contributed by atoms with Crippen molar-refractivity contribution in [2.45, 2.75) is 12.8 Å². The number of halogens is 2. The molecule has 1 heterocycles. The minimum atomic E-state index is -0.267. The summed E-state index contributed by atoms with van der Waals surface area (Å²) in [4.78, 5) is 4.19. The first-order valence-electron chi connectivity index (χ1n) is 9.13. The molecule has 0 fully saturated rings. The van der Waals surface area contributed by atoms with E-state index in [1.807, 2.05) is 18.3 Å². The summed E-state index contributed by atoms with van der Waals surface area (Å²) in [5, 5.41) is 11.0. The molecule has 3 aromatic rings. The maximum Gasteiger partial charge on any atom is 0.190 e. The second kappa shape index (κ2) is 9.64. The summed E-state index contributed by atoms with van der Waals surface area (Å²) in [5.41, 5.74) is 2.68. The number of aromatic nitrogens is 2. The Labute approximate surface area is 163 Å². The van der Waals surface area contributed by atoms with Crippen molar-refractivity contribution in [3.05, 3.63) is 83.7 Å². The molecule has 0 atom stereocenters. The molecule has 5 nitrogen and oxygen atoms in total. The molecule has 0 saturated heterocycles. The van der Waals surface area contributed by atoms with Crippen LogP contribution in [0.5, 0.6) is 0 Å². The lowest BCUT2D eigenvalue weighted by Gasteiger charge is -2.11. The first-order chi connectivity index (χ1) is 13.6. The van der Waals surface area contributed by atoms with Gasteiger partial charge in [-0.2, -0.15) is 5.10 Å². The fourth-order valence-electron chi connectivity index (χ4n) is 2.78. The number of hydrogen-bond donors (Lipinski definition) is 2. The number of nitrogens with zero attached hydrogens (tertiary/aromatic N) is 3. The van der Waals surface area contributed by atoms with Gasteiger partial charge in [0.05, 0.1) is 11.4 Å². The molecule has 28 heavy (non-hydrogen) atoms. The summed E-state index contributed by atoms with van der Waals surface area (Å²) in [6, 6.07) is 14.7. The van der Waals surface area contributed by atoms with Gasteiger partial charge in [0.1, 0.15) is 11.6 Å². The Morgan fingerprint density at radius 3 is 2.43 bits per heavy atom. The van der Waals surface area contributed by atoms with E-state index in [9.17, 15) is 8.78 Å². The second-order valence-corrected chi connectivity index (χ2v) is 6.28. The summed E-state index contributed by atoms with van der Waals surface area (Å²) in [6.07, 6.45) is 3.29. The van der Waals surface area contributed by atoms with Crippen LogP contribution in [-0.4, -0.2) is 35.9 Å². The molecule has 3 rings (SSSR count). The fourth-order valence-corrected chi connectivity index (χ4v) is 2.78. The van der Waals surface area contributed by atoms with E-state index in [2.05, 4.69) is 20.7 Å². The predicted molar refractivity (Wildman–Crippen MR) is 107 cm³/mol. The molecule has 0 aliphatic rings. The fraction of sp³-hybridized carbons (Fsp3) is 0.238. The van der Waals surface area contributed by atoms with Gasteiger partial charge in [0, 0.05) is 32.8 Å². The highest BCUT2D eigenvalue weighted by Crippen LogP contribution is 2.09. The van der Waals surface area contributed by atoms with Gasteiger partial charge in [-0.25, -0.2) is 13.5 Å². The third kappa shape index (κ3) is 5.64. The van der Waals surface area contributed by atoms with Crippen LogP contribution in [0.2, 0.25) is 0 Å². The Morgan fingerprint density at radius 2 is 1.71 bits per heavy atom. The molecule has 0 unspecified atom stereocenters. The number of rotatable bonds is 7. The number of guanidine groups is 1. The number of aliphatic imine (C=N–C) groups is 1. The van der Waals surface area contributed by atoms with Gasteiger partial charge in [-0.05, 0) is 54.4 Å². The van der Waals surface area contributed by atoms with Crippen LogP contribution in [0, 0.1) is 11.6 Å². The van der Waals surface area contributed by atoms with Crippen molar-refractivity contribution in [2.75, 3.05) is 20.1 Å². The smallest absolute Gasteiger partial charge is 0.190 e. The highest BCUT2D eigenvalue weighted by molar-refractivity contribution is 5.79. The molecule has 2 aromatic carbocycles. The third-order valence-corrected chi connectivity index (χ3v) is 4.23. The topological polar surface area (TPSA) is 54.2 Å². The average Bonchev–Trinajstić information content (AvgIpc) is 3.16. The van der Waals surface area contributed by atoms with Gasteiger partial charge in [0.25, 0.3) is 0 Å². The number of nitrogens with one attached hydrogen (secondary N) is 2. The van der Waals surface area contributed by atoms with E-state index < -0.39 is 0 Å². The first-order valence-corrected chi connectivity index (χ1v) is 9.13. The van der Waals surface area contributed by atoms with Crippen LogP contribution in [0.4, 0.5) is 8.78 Å². The highest BCUT2D eigenvalue weighted by Gasteiger charge is 2.03. The second-order valence-electron chi connectivity index (χ2n) is 6.28. The molecule has 7 heteroatoms. The zero-order valence-electron chi connectivity index (χ0n) is 15.7. The maximum atomic E-state index is 13.2. The summed E-state index contributed by atoms with van der Waals surface area (Å²) in [7, 11) is 1.71. The van der Waals surface area contributed by atoms with Crippen molar-refractivity contribution >= 4 is 5.96 Å². The van der Waals surface area contributed by atoms with Gasteiger partial charge in [0.2, 0.25) is 0 Å². The Kier molecular flexibility index (Phi) is 6.73. The van der Waals surface area contributed by atoms with Crippen molar-refractivity contribution < 1.29 is 8.78 Å². The van der Waals surface area contributed by atoms with Crippen LogP contribution in [0.3, 0.4) is 0 Å².